The fraction of sp³-hybridized carbons (Fsp3) is 0.267. The Bertz CT molecular complexity index is 821. The second kappa shape index (κ2) is 4.74. The summed E-state index contributed by atoms with van der Waals surface area (Å²) in [5.41, 5.74) is 6.55. The molecule has 1 aliphatic rings. The van der Waals surface area contributed by atoms with Crippen LogP contribution in [0.1, 0.15) is 25.1 Å². The van der Waals surface area contributed by atoms with Crippen molar-refractivity contribution in [2.45, 2.75) is 24.8 Å². The lowest BCUT2D eigenvalue weighted by Crippen LogP contribution is -2.44. The SMILES string of the molecule is NC1(c2noc(-c3ccn(-c4ccccc4F)n3)n2)CCC1. The van der Waals surface area contributed by atoms with E-state index in [1.54, 1.807) is 30.5 Å². The molecule has 0 saturated heterocycles. The number of hydrogen-bond acceptors (Lipinski definition) is 5. The van der Waals surface area contributed by atoms with Crippen molar-refractivity contribution in [3.05, 3.63) is 48.2 Å². The minimum absolute atomic E-state index is 0.293. The third-order valence-electron chi connectivity index (χ3n) is 4.02. The Hall–Kier alpha value is -2.54. The largest absolute Gasteiger partial charge is 0.332 e. The molecule has 1 aromatic carbocycles. The average Bonchev–Trinajstić information content (AvgIpc) is 3.14. The maximum Gasteiger partial charge on any atom is 0.278 e. The number of benzene rings is 1. The standard InChI is InChI=1S/C15H14FN5O/c16-10-4-1-2-5-12(10)21-9-6-11(19-21)13-18-14(20-22-13)15(17)7-3-8-15/h1-2,4-6,9H,3,7-8,17H2. The van der Waals surface area contributed by atoms with Gasteiger partial charge in [-0.25, -0.2) is 9.07 Å². The Morgan fingerprint density at radius 1 is 1.23 bits per heavy atom. The monoisotopic (exact) mass is 299 g/mol. The van der Waals surface area contributed by atoms with Gasteiger partial charge in [0.25, 0.3) is 5.89 Å². The summed E-state index contributed by atoms with van der Waals surface area (Å²) in [6.45, 7) is 0. The molecule has 0 unspecified atom stereocenters. The van der Waals surface area contributed by atoms with Crippen LogP contribution in [0.3, 0.4) is 0 Å². The molecule has 6 nitrogen and oxygen atoms in total. The van der Waals surface area contributed by atoms with Gasteiger partial charge >= 0.3 is 0 Å². The average molecular weight is 299 g/mol. The van der Waals surface area contributed by atoms with Crippen molar-refractivity contribution in [3.8, 4) is 17.3 Å². The van der Waals surface area contributed by atoms with E-state index < -0.39 is 5.54 Å². The first-order valence-corrected chi connectivity index (χ1v) is 7.10. The van der Waals surface area contributed by atoms with Crippen LogP contribution < -0.4 is 5.73 Å². The Morgan fingerprint density at radius 2 is 2.05 bits per heavy atom. The van der Waals surface area contributed by atoms with Gasteiger partial charge in [-0.2, -0.15) is 10.1 Å². The van der Waals surface area contributed by atoms with E-state index in [4.69, 9.17) is 10.3 Å². The summed E-state index contributed by atoms with van der Waals surface area (Å²) in [7, 11) is 0. The molecule has 0 spiro atoms. The Balaban J connectivity index is 1.66. The van der Waals surface area contributed by atoms with E-state index in [0.717, 1.165) is 19.3 Å². The van der Waals surface area contributed by atoms with Crippen LogP contribution in [0.2, 0.25) is 0 Å². The molecule has 4 rings (SSSR count). The van der Waals surface area contributed by atoms with Crippen molar-refractivity contribution >= 4 is 0 Å². The molecule has 0 radical (unpaired) electrons. The first kappa shape index (κ1) is 13.1. The minimum atomic E-state index is -0.476. The summed E-state index contributed by atoms with van der Waals surface area (Å²) >= 11 is 0. The molecule has 3 aromatic rings. The predicted molar refractivity (Wildman–Crippen MR) is 76.5 cm³/mol. The highest BCUT2D eigenvalue weighted by atomic mass is 19.1. The van der Waals surface area contributed by atoms with Crippen LogP contribution in [-0.2, 0) is 5.54 Å². The molecule has 1 fully saturated rings. The molecule has 2 aromatic heterocycles. The molecule has 0 bridgehead atoms. The Morgan fingerprint density at radius 3 is 2.77 bits per heavy atom. The van der Waals surface area contributed by atoms with E-state index in [0.29, 0.717) is 23.1 Å². The third-order valence-corrected chi connectivity index (χ3v) is 4.02. The number of aromatic nitrogens is 4. The fourth-order valence-corrected chi connectivity index (χ4v) is 2.52. The highest BCUT2D eigenvalue weighted by Gasteiger charge is 2.39. The smallest absolute Gasteiger partial charge is 0.278 e. The molecule has 7 heteroatoms. The first-order chi connectivity index (χ1) is 10.7. The quantitative estimate of drug-likeness (QED) is 0.803. The summed E-state index contributed by atoms with van der Waals surface area (Å²) in [4.78, 5) is 4.33. The van der Waals surface area contributed by atoms with E-state index in [9.17, 15) is 4.39 Å². The highest BCUT2D eigenvalue weighted by Crippen LogP contribution is 2.37. The summed E-state index contributed by atoms with van der Waals surface area (Å²) in [6, 6.07) is 8.12. The van der Waals surface area contributed by atoms with Gasteiger partial charge < -0.3 is 10.3 Å². The zero-order valence-electron chi connectivity index (χ0n) is 11.7. The lowest BCUT2D eigenvalue weighted by molar-refractivity contribution is 0.229. The van der Waals surface area contributed by atoms with Gasteiger partial charge in [0.15, 0.2) is 11.5 Å². The number of hydrogen-bond donors (Lipinski definition) is 1. The second-order valence-corrected chi connectivity index (χ2v) is 5.53. The van der Waals surface area contributed by atoms with Crippen LogP contribution in [0.4, 0.5) is 4.39 Å². The molecule has 22 heavy (non-hydrogen) atoms. The van der Waals surface area contributed by atoms with Gasteiger partial charge in [0.2, 0.25) is 0 Å². The molecule has 0 amide bonds. The highest BCUT2D eigenvalue weighted by molar-refractivity contribution is 5.47. The van der Waals surface area contributed by atoms with E-state index in [-0.39, 0.29) is 5.82 Å². The van der Waals surface area contributed by atoms with Crippen molar-refractivity contribution in [1.82, 2.24) is 19.9 Å². The third kappa shape index (κ3) is 2.01. The summed E-state index contributed by atoms with van der Waals surface area (Å²) < 4.78 is 20.5. The van der Waals surface area contributed by atoms with E-state index in [1.807, 2.05) is 0 Å². The zero-order valence-corrected chi connectivity index (χ0v) is 11.7. The number of nitrogens with two attached hydrogens (primary N) is 1. The topological polar surface area (TPSA) is 82.8 Å². The molecule has 2 N–H and O–H groups in total. The number of para-hydroxylation sites is 1. The van der Waals surface area contributed by atoms with Gasteiger partial charge in [0.05, 0.1) is 5.54 Å². The van der Waals surface area contributed by atoms with Gasteiger partial charge in [0, 0.05) is 6.20 Å². The Labute approximate surface area is 125 Å². The summed E-state index contributed by atoms with van der Waals surface area (Å²) in [5, 5.41) is 8.24. The van der Waals surface area contributed by atoms with Crippen molar-refractivity contribution in [3.63, 3.8) is 0 Å². The molecule has 2 heterocycles. The Kier molecular flexibility index (Phi) is 2.83. The molecule has 0 atom stereocenters. The predicted octanol–water partition coefficient (Wildman–Crippen LogP) is 2.40. The maximum absolute atomic E-state index is 13.8. The van der Waals surface area contributed by atoms with E-state index in [2.05, 4.69) is 15.2 Å². The fourth-order valence-electron chi connectivity index (χ4n) is 2.52. The second-order valence-electron chi connectivity index (χ2n) is 5.53. The van der Waals surface area contributed by atoms with Crippen molar-refractivity contribution in [1.29, 1.82) is 0 Å². The molecule has 0 aliphatic heterocycles. The van der Waals surface area contributed by atoms with Gasteiger partial charge in [-0.1, -0.05) is 17.3 Å². The van der Waals surface area contributed by atoms with Crippen molar-refractivity contribution in [2.75, 3.05) is 0 Å². The number of rotatable bonds is 3. The molecular weight excluding hydrogens is 285 g/mol. The molecular formula is C15H14FN5O. The minimum Gasteiger partial charge on any atom is -0.332 e. The lowest BCUT2D eigenvalue weighted by Gasteiger charge is -2.34. The van der Waals surface area contributed by atoms with Crippen LogP contribution in [-0.4, -0.2) is 19.9 Å². The number of nitrogens with zero attached hydrogens (tertiary/aromatic N) is 4. The first-order valence-electron chi connectivity index (χ1n) is 7.10. The maximum atomic E-state index is 13.8. The van der Waals surface area contributed by atoms with Gasteiger partial charge in [-0.15, -0.1) is 0 Å². The van der Waals surface area contributed by atoms with Crippen molar-refractivity contribution < 1.29 is 8.91 Å². The molecule has 1 saturated carbocycles. The molecule has 1 aliphatic carbocycles. The van der Waals surface area contributed by atoms with Gasteiger partial charge in [-0.3, -0.25) is 0 Å². The van der Waals surface area contributed by atoms with Crippen LogP contribution in [0.5, 0.6) is 0 Å². The lowest BCUT2D eigenvalue weighted by atomic mass is 9.77. The van der Waals surface area contributed by atoms with Crippen LogP contribution in [0, 0.1) is 5.82 Å². The van der Waals surface area contributed by atoms with Crippen LogP contribution in [0.25, 0.3) is 17.3 Å². The molecule has 112 valence electrons. The van der Waals surface area contributed by atoms with E-state index >= 15 is 0 Å². The zero-order chi connectivity index (χ0) is 15.2. The van der Waals surface area contributed by atoms with E-state index in [1.165, 1.54) is 10.7 Å². The van der Waals surface area contributed by atoms with Gasteiger partial charge in [-0.05, 0) is 37.5 Å². The van der Waals surface area contributed by atoms with Crippen LogP contribution in [0.15, 0.2) is 41.1 Å². The summed E-state index contributed by atoms with van der Waals surface area (Å²) in [5.74, 6) is 0.453. The van der Waals surface area contributed by atoms with Crippen molar-refractivity contribution in [2.24, 2.45) is 5.73 Å². The normalized spacial score (nSPS) is 16.5. The number of halogens is 1. The van der Waals surface area contributed by atoms with Crippen LogP contribution >= 0.6 is 0 Å². The summed E-state index contributed by atoms with van der Waals surface area (Å²) in [6.07, 6.45) is 4.44. The van der Waals surface area contributed by atoms with Gasteiger partial charge in [0.1, 0.15) is 11.5 Å².